The number of nitrogens with zero attached hydrogens (tertiary/aromatic N) is 2. The number of H-pyrrole nitrogens is 1. The van der Waals surface area contributed by atoms with E-state index in [4.69, 9.17) is 5.11 Å². The highest BCUT2D eigenvalue weighted by Gasteiger charge is 2.32. The van der Waals surface area contributed by atoms with E-state index in [0.29, 0.717) is 19.5 Å². The first-order valence-electron chi connectivity index (χ1n) is 5.24. The standard InChI is InChI=1S/C9H15N3O3S/c13-4-2-8-1-3-12(7-8)16(14,15)9-5-10-11-6-9/h5-6,8,13H,1-4,7H2,(H,10,11). The molecule has 1 saturated heterocycles. The molecule has 90 valence electrons. The highest BCUT2D eigenvalue weighted by molar-refractivity contribution is 7.89. The van der Waals surface area contributed by atoms with Crippen LogP contribution in [-0.4, -0.2) is 47.7 Å². The van der Waals surface area contributed by atoms with Crippen LogP contribution < -0.4 is 0 Å². The lowest BCUT2D eigenvalue weighted by Crippen LogP contribution is -2.28. The lowest BCUT2D eigenvalue weighted by molar-refractivity contribution is 0.259. The summed E-state index contributed by atoms with van der Waals surface area (Å²) < 4.78 is 25.6. The van der Waals surface area contributed by atoms with E-state index in [1.807, 2.05) is 0 Å². The Balaban J connectivity index is 2.10. The van der Waals surface area contributed by atoms with Crippen LogP contribution in [0.3, 0.4) is 0 Å². The van der Waals surface area contributed by atoms with Gasteiger partial charge in [-0.3, -0.25) is 5.10 Å². The van der Waals surface area contributed by atoms with E-state index in [0.717, 1.165) is 6.42 Å². The number of hydrogen-bond donors (Lipinski definition) is 2. The maximum atomic E-state index is 12.0. The highest BCUT2D eigenvalue weighted by Crippen LogP contribution is 2.25. The highest BCUT2D eigenvalue weighted by atomic mass is 32.2. The number of sulfonamides is 1. The molecule has 1 fully saturated rings. The molecular weight excluding hydrogens is 230 g/mol. The van der Waals surface area contributed by atoms with Gasteiger partial charge in [-0.1, -0.05) is 0 Å². The third-order valence-electron chi connectivity index (χ3n) is 2.90. The van der Waals surface area contributed by atoms with Gasteiger partial charge in [0, 0.05) is 25.9 Å². The monoisotopic (exact) mass is 245 g/mol. The molecule has 0 amide bonds. The second-order valence-corrected chi connectivity index (χ2v) is 5.90. The van der Waals surface area contributed by atoms with E-state index in [1.165, 1.54) is 16.7 Å². The van der Waals surface area contributed by atoms with E-state index >= 15 is 0 Å². The molecule has 16 heavy (non-hydrogen) atoms. The van der Waals surface area contributed by atoms with Crippen molar-refractivity contribution in [3.05, 3.63) is 12.4 Å². The maximum Gasteiger partial charge on any atom is 0.246 e. The van der Waals surface area contributed by atoms with Crippen LogP contribution in [0.1, 0.15) is 12.8 Å². The van der Waals surface area contributed by atoms with E-state index in [9.17, 15) is 8.42 Å². The van der Waals surface area contributed by atoms with Crippen LogP contribution in [0.25, 0.3) is 0 Å². The van der Waals surface area contributed by atoms with E-state index in [1.54, 1.807) is 0 Å². The van der Waals surface area contributed by atoms with Gasteiger partial charge in [0.25, 0.3) is 0 Å². The minimum absolute atomic E-state index is 0.115. The van der Waals surface area contributed by atoms with Crippen molar-refractivity contribution < 1.29 is 13.5 Å². The van der Waals surface area contributed by atoms with Gasteiger partial charge in [0.15, 0.2) is 0 Å². The molecule has 1 aromatic heterocycles. The first kappa shape index (κ1) is 11.6. The third kappa shape index (κ3) is 2.11. The molecule has 1 aliphatic heterocycles. The van der Waals surface area contributed by atoms with Crippen molar-refractivity contribution in [3.8, 4) is 0 Å². The Hall–Kier alpha value is -0.920. The molecular formula is C9H15N3O3S. The van der Waals surface area contributed by atoms with Crippen molar-refractivity contribution in [2.45, 2.75) is 17.7 Å². The molecule has 6 nitrogen and oxygen atoms in total. The molecule has 2 N–H and O–H groups in total. The summed E-state index contributed by atoms with van der Waals surface area (Å²) in [5, 5.41) is 15.0. The summed E-state index contributed by atoms with van der Waals surface area (Å²) >= 11 is 0. The van der Waals surface area contributed by atoms with Gasteiger partial charge in [0.2, 0.25) is 10.0 Å². The molecule has 0 aliphatic carbocycles. The Bertz CT molecular complexity index is 429. The lowest BCUT2D eigenvalue weighted by Gasteiger charge is -2.14. The molecule has 2 rings (SSSR count). The van der Waals surface area contributed by atoms with Crippen LogP contribution in [0.5, 0.6) is 0 Å². The third-order valence-corrected chi connectivity index (χ3v) is 4.73. The molecule has 7 heteroatoms. The summed E-state index contributed by atoms with van der Waals surface area (Å²) in [7, 11) is -3.39. The Morgan fingerprint density at radius 2 is 2.44 bits per heavy atom. The zero-order valence-electron chi connectivity index (χ0n) is 8.83. The van der Waals surface area contributed by atoms with Gasteiger partial charge >= 0.3 is 0 Å². The summed E-state index contributed by atoms with van der Waals surface area (Å²) in [4.78, 5) is 0.206. The molecule has 2 heterocycles. The van der Waals surface area contributed by atoms with Crippen molar-refractivity contribution >= 4 is 10.0 Å². The summed E-state index contributed by atoms with van der Waals surface area (Å²) in [5.74, 6) is 0.270. The first-order chi connectivity index (χ1) is 7.64. The fourth-order valence-electron chi connectivity index (χ4n) is 1.96. The summed E-state index contributed by atoms with van der Waals surface area (Å²) in [6.45, 7) is 1.14. The molecule has 0 spiro atoms. The van der Waals surface area contributed by atoms with Crippen LogP contribution in [0.15, 0.2) is 17.3 Å². The van der Waals surface area contributed by atoms with Gasteiger partial charge in [-0.2, -0.15) is 9.40 Å². The first-order valence-corrected chi connectivity index (χ1v) is 6.68. The number of rotatable bonds is 4. The Morgan fingerprint density at radius 1 is 1.62 bits per heavy atom. The Labute approximate surface area is 94.3 Å². The predicted molar refractivity (Wildman–Crippen MR) is 57.2 cm³/mol. The van der Waals surface area contributed by atoms with Crippen molar-refractivity contribution in [2.75, 3.05) is 19.7 Å². The molecule has 0 aromatic carbocycles. The number of aliphatic hydroxyl groups excluding tert-OH is 1. The summed E-state index contributed by atoms with van der Waals surface area (Å²) in [6.07, 6.45) is 4.18. The van der Waals surface area contributed by atoms with Crippen molar-refractivity contribution in [2.24, 2.45) is 5.92 Å². The lowest BCUT2D eigenvalue weighted by atomic mass is 10.1. The number of nitrogens with one attached hydrogen (secondary N) is 1. The van der Waals surface area contributed by atoms with Crippen LogP contribution in [0.4, 0.5) is 0 Å². The predicted octanol–water partition coefficient (Wildman–Crippen LogP) is -0.197. The zero-order valence-corrected chi connectivity index (χ0v) is 9.65. The van der Waals surface area contributed by atoms with E-state index < -0.39 is 10.0 Å². The SMILES string of the molecule is O=S(=O)(c1cn[nH]c1)N1CCC(CCO)C1. The normalized spacial score (nSPS) is 22.7. The minimum Gasteiger partial charge on any atom is -0.396 e. The zero-order chi connectivity index (χ0) is 11.6. The molecule has 0 saturated carbocycles. The maximum absolute atomic E-state index is 12.0. The van der Waals surface area contributed by atoms with Gasteiger partial charge in [-0.25, -0.2) is 8.42 Å². The topological polar surface area (TPSA) is 86.3 Å². The van der Waals surface area contributed by atoms with Crippen molar-refractivity contribution in [1.29, 1.82) is 0 Å². The molecule has 1 atom stereocenters. The Morgan fingerprint density at radius 3 is 3.06 bits per heavy atom. The quantitative estimate of drug-likeness (QED) is 0.769. The van der Waals surface area contributed by atoms with Gasteiger partial charge in [0.05, 0.1) is 6.20 Å². The molecule has 1 unspecified atom stereocenters. The molecule has 0 bridgehead atoms. The molecule has 0 radical (unpaired) electrons. The molecule has 1 aliphatic rings. The number of aliphatic hydroxyl groups is 1. The van der Waals surface area contributed by atoms with Gasteiger partial charge < -0.3 is 5.11 Å². The number of aromatic amines is 1. The van der Waals surface area contributed by atoms with E-state index in [-0.39, 0.29) is 17.4 Å². The van der Waals surface area contributed by atoms with Crippen LogP contribution in [0, 0.1) is 5.92 Å². The second kappa shape index (κ2) is 4.52. The van der Waals surface area contributed by atoms with Gasteiger partial charge in [0.1, 0.15) is 4.90 Å². The van der Waals surface area contributed by atoms with Gasteiger partial charge in [-0.05, 0) is 18.8 Å². The average Bonchev–Trinajstić information content (AvgIpc) is 2.88. The van der Waals surface area contributed by atoms with Crippen LogP contribution >= 0.6 is 0 Å². The number of aromatic nitrogens is 2. The minimum atomic E-state index is -3.39. The largest absolute Gasteiger partial charge is 0.396 e. The Kier molecular flexibility index (Phi) is 3.27. The summed E-state index contributed by atoms with van der Waals surface area (Å²) in [5.41, 5.74) is 0. The fraction of sp³-hybridized carbons (Fsp3) is 0.667. The van der Waals surface area contributed by atoms with Crippen LogP contribution in [-0.2, 0) is 10.0 Å². The average molecular weight is 245 g/mol. The molecule has 1 aromatic rings. The second-order valence-electron chi connectivity index (χ2n) is 3.96. The van der Waals surface area contributed by atoms with E-state index in [2.05, 4.69) is 10.2 Å². The fourth-order valence-corrected chi connectivity index (χ4v) is 3.40. The van der Waals surface area contributed by atoms with Crippen molar-refractivity contribution in [1.82, 2.24) is 14.5 Å². The van der Waals surface area contributed by atoms with Crippen molar-refractivity contribution in [3.63, 3.8) is 0 Å². The van der Waals surface area contributed by atoms with Crippen LogP contribution in [0.2, 0.25) is 0 Å². The smallest absolute Gasteiger partial charge is 0.246 e. The summed E-state index contributed by atoms with van der Waals surface area (Å²) in [6, 6.07) is 0. The number of hydrogen-bond acceptors (Lipinski definition) is 4. The van der Waals surface area contributed by atoms with Gasteiger partial charge in [-0.15, -0.1) is 0 Å².